The molecular formula is C54H58F2N8O3. The molecule has 6 aliphatic rings. The van der Waals surface area contributed by atoms with Crippen LogP contribution in [0.5, 0.6) is 0 Å². The number of hydrogen-bond acceptors (Lipinski definition) is 7. The zero-order valence-electron chi connectivity index (χ0n) is 38.4. The van der Waals surface area contributed by atoms with Gasteiger partial charge in [-0.25, -0.2) is 8.78 Å². The molecule has 2 atom stereocenters. The molecule has 0 bridgehead atoms. The van der Waals surface area contributed by atoms with Gasteiger partial charge in [0.25, 0.3) is 0 Å². The van der Waals surface area contributed by atoms with E-state index in [1.54, 1.807) is 44.9 Å². The zero-order valence-corrected chi connectivity index (χ0v) is 38.4. The number of ketones is 1. The fourth-order valence-corrected chi connectivity index (χ4v) is 11.4. The van der Waals surface area contributed by atoms with Gasteiger partial charge in [0.15, 0.2) is 0 Å². The van der Waals surface area contributed by atoms with Crippen molar-refractivity contribution in [1.29, 1.82) is 0 Å². The number of para-hydroxylation sites is 2. The van der Waals surface area contributed by atoms with E-state index in [9.17, 15) is 18.8 Å². The average Bonchev–Trinajstić information content (AvgIpc) is 4.21. The Bertz CT molecular complexity index is 2820. The van der Waals surface area contributed by atoms with Gasteiger partial charge < -0.3 is 15.1 Å². The molecule has 6 aromatic rings. The fourth-order valence-electron chi connectivity index (χ4n) is 11.4. The van der Waals surface area contributed by atoms with Crippen molar-refractivity contribution in [2.24, 2.45) is 14.1 Å². The Morgan fingerprint density at radius 1 is 0.642 bits per heavy atom. The highest BCUT2D eigenvalue weighted by molar-refractivity contribution is 6.09. The lowest BCUT2D eigenvalue weighted by Gasteiger charge is -2.27. The number of Topliss-reactive ketones (excluding diaryl/α,β-unsaturated/α-hetero) is 1. The highest BCUT2D eigenvalue weighted by atomic mass is 19.1. The van der Waals surface area contributed by atoms with Gasteiger partial charge in [-0.3, -0.25) is 28.6 Å². The van der Waals surface area contributed by atoms with Gasteiger partial charge in [0.1, 0.15) is 17.4 Å². The number of aromatic nitrogens is 4. The number of amides is 2. The lowest BCUT2D eigenvalue weighted by molar-refractivity contribution is -0.123. The fraction of sp³-hybridized carbons (Fsp3) is 0.389. The first-order valence-corrected chi connectivity index (χ1v) is 23.9. The summed E-state index contributed by atoms with van der Waals surface area (Å²) in [6, 6.07) is 27.1. The van der Waals surface area contributed by atoms with E-state index in [0.717, 1.165) is 103 Å². The van der Waals surface area contributed by atoms with Crippen molar-refractivity contribution in [2.45, 2.75) is 94.2 Å². The van der Waals surface area contributed by atoms with Crippen molar-refractivity contribution in [2.75, 3.05) is 36.0 Å². The van der Waals surface area contributed by atoms with Gasteiger partial charge in [0.2, 0.25) is 11.8 Å². The number of carbonyl (C=O) groups excluding carboxylic acids is 3. The SMILES string of the molecule is Cn1cc(-c2ccc(CN3C(=O)C4(CCN(C5CCCC5)C4)c4ccccc43)c(F)c2)cn1.Cn1cc(-c2ccc(CN3C(=O)C4(CCNC4)c4ccccc43)c(F)c2)cn1.O=C1CCCC1. The van der Waals surface area contributed by atoms with Gasteiger partial charge in [0, 0.05) is 92.1 Å². The summed E-state index contributed by atoms with van der Waals surface area (Å²) in [6.07, 6.45) is 17.8. The van der Waals surface area contributed by atoms with Crippen LogP contribution < -0.4 is 15.1 Å². The second-order valence-corrected chi connectivity index (χ2v) is 19.2. The number of aryl methyl sites for hydroxylation is 2. The number of halogens is 2. The van der Waals surface area contributed by atoms with Crippen LogP contribution in [-0.2, 0) is 52.4 Å². The first-order valence-electron chi connectivity index (χ1n) is 23.9. The highest BCUT2D eigenvalue weighted by Crippen LogP contribution is 2.49. The van der Waals surface area contributed by atoms with E-state index < -0.39 is 10.8 Å². The van der Waals surface area contributed by atoms with E-state index in [1.165, 1.54) is 31.7 Å². The first kappa shape index (κ1) is 44.5. The van der Waals surface area contributed by atoms with Gasteiger partial charge in [-0.05, 0) is 98.1 Å². The van der Waals surface area contributed by atoms with E-state index in [2.05, 4.69) is 26.5 Å². The number of hydrogen-bond donors (Lipinski definition) is 1. The summed E-state index contributed by atoms with van der Waals surface area (Å²) >= 11 is 0. The van der Waals surface area contributed by atoms with E-state index >= 15 is 4.39 Å². The number of carbonyl (C=O) groups is 3. The highest BCUT2D eigenvalue weighted by Gasteiger charge is 2.55. The van der Waals surface area contributed by atoms with E-state index in [1.807, 2.05) is 86.0 Å². The molecule has 12 rings (SSSR count). The Morgan fingerprint density at radius 2 is 1.16 bits per heavy atom. The molecule has 4 fully saturated rings. The topological polar surface area (TPSA) is 109 Å². The second kappa shape index (κ2) is 18.4. The van der Waals surface area contributed by atoms with Crippen molar-refractivity contribution in [3.05, 3.63) is 144 Å². The number of likely N-dealkylation sites (tertiary alicyclic amines) is 1. The van der Waals surface area contributed by atoms with Crippen LogP contribution in [0.3, 0.4) is 0 Å². The van der Waals surface area contributed by atoms with E-state index in [0.29, 0.717) is 29.5 Å². The Hall–Kier alpha value is -6.31. The molecule has 4 aliphatic heterocycles. The van der Waals surface area contributed by atoms with Crippen LogP contribution in [0, 0.1) is 11.6 Å². The number of anilines is 2. The van der Waals surface area contributed by atoms with Gasteiger partial charge in [-0.2, -0.15) is 10.2 Å². The van der Waals surface area contributed by atoms with Crippen molar-refractivity contribution in [3.63, 3.8) is 0 Å². The molecule has 0 radical (unpaired) electrons. The van der Waals surface area contributed by atoms with E-state index in [-0.39, 0.29) is 36.5 Å². The molecule has 4 aromatic carbocycles. The van der Waals surface area contributed by atoms with Crippen LogP contribution in [0.25, 0.3) is 22.3 Å². The number of rotatable bonds is 7. The molecule has 346 valence electrons. The Balaban J connectivity index is 0.000000141. The first-order chi connectivity index (χ1) is 32.5. The summed E-state index contributed by atoms with van der Waals surface area (Å²) < 4.78 is 33.4. The molecule has 2 saturated carbocycles. The second-order valence-electron chi connectivity index (χ2n) is 19.2. The molecule has 13 heteroatoms. The molecule has 6 heterocycles. The number of nitrogens with zero attached hydrogens (tertiary/aromatic N) is 7. The van der Waals surface area contributed by atoms with E-state index in [4.69, 9.17) is 0 Å². The predicted octanol–water partition coefficient (Wildman–Crippen LogP) is 8.79. The lowest BCUT2D eigenvalue weighted by atomic mass is 9.81. The summed E-state index contributed by atoms with van der Waals surface area (Å²) in [4.78, 5) is 43.6. The Kier molecular flexibility index (Phi) is 12.2. The van der Waals surface area contributed by atoms with Gasteiger partial charge in [-0.1, -0.05) is 73.5 Å². The van der Waals surface area contributed by atoms with Crippen molar-refractivity contribution < 1.29 is 23.2 Å². The summed E-state index contributed by atoms with van der Waals surface area (Å²) in [5.74, 6) is 0.0445. The summed E-state index contributed by atoms with van der Waals surface area (Å²) in [5, 5.41) is 11.6. The summed E-state index contributed by atoms with van der Waals surface area (Å²) in [6.45, 7) is 3.69. The molecular weight excluding hydrogens is 847 g/mol. The largest absolute Gasteiger partial charge is 0.315 e. The quantitative estimate of drug-likeness (QED) is 0.171. The van der Waals surface area contributed by atoms with Crippen LogP contribution in [0.1, 0.15) is 86.5 Å². The predicted molar refractivity (Wildman–Crippen MR) is 255 cm³/mol. The van der Waals surface area contributed by atoms with Crippen molar-refractivity contribution in [1.82, 2.24) is 29.8 Å². The van der Waals surface area contributed by atoms with Gasteiger partial charge >= 0.3 is 0 Å². The molecule has 67 heavy (non-hydrogen) atoms. The molecule has 2 aromatic heterocycles. The molecule has 2 aliphatic carbocycles. The van der Waals surface area contributed by atoms with Crippen LogP contribution in [-0.4, -0.2) is 74.3 Å². The van der Waals surface area contributed by atoms with Crippen molar-refractivity contribution >= 4 is 29.0 Å². The maximum Gasteiger partial charge on any atom is 0.239 e. The van der Waals surface area contributed by atoms with Gasteiger partial charge in [-0.15, -0.1) is 0 Å². The molecule has 2 spiro atoms. The van der Waals surface area contributed by atoms with Crippen LogP contribution in [0.2, 0.25) is 0 Å². The lowest BCUT2D eigenvalue weighted by Crippen LogP contribution is -2.43. The maximum absolute atomic E-state index is 15.2. The molecule has 2 unspecified atom stereocenters. The number of benzene rings is 4. The Labute approximate surface area is 390 Å². The molecule has 1 N–H and O–H groups in total. The third kappa shape index (κ3) is 8.41. The molecule has 2 saturated heterocycles. The minimum Gasteiger partial charge on any atom is -0.315 e. The number of fused-ring (bicyclic) bond motifs is 4. The molecule has 11 nitrogen and oxygen atoms in total. The number of nitrogens with one attached hydrogen (secondary N) is 1. The minimum atomic E-state index is -0.511. The zero-order chi connectivity index (χ0) is 46.3. The van der Waals surface area contributed by atoms with Crippen molar-refractivity contribution in [3.8, 4) is 22.3 Å². The van der Waals surface area contributed by atoms with Gasteiger partial charge in [0.05, 0.1) is 36.3 Å². The monoisotopic (exact) mass is 904 g/mol. The molecule has 2 amide bonds. The minimum absolute atomic E-state index is 0.0643. The normalized spacial score (nSPS) is 22.2. The maximum atomic E-state index is 15.2. The smallest absolute Gasteiger partial charge is 0.239 e. The Morgan fingerprint density at radius 3 is 1.63 bits per heavy atom. The standard InChI is InChI=1S/C27H29FN4O.C22H21FN4O.C5H8O/c1-30-16-21(15-29-30)19-10-11-20(24(28)14-19)17-32-25-9-5-4-8-23(25)27(26(32)33)12-13-31(18-27)22-6-2-3-7-22;1-26-12-17(11-25-26)15-6-7-16(19(23)10-15)13-27-20-5-3-2-4-18(20)22(21(27)28)8-9-24-14-22;6-5-3-1-2-4-5/h4-5,8-11,14-16,22H,2-3,6-7,12-13,17-18H2,1H3;2-7,10-12,24H,8-9,13-14H2,1H3;1-4H2. The van der Waals surface area contributed by atoms with Crippen LogP contribution in [0.15, 0.2) is 110 Å². The average molecular weight is 905 g/mol. The third-order valence-corrected chi connectivity index (χ3v) is 15.0. The summed E-state index contributed by atoms with van der Waals surface area (Å²) in [5.41, 5.74) is 7.35. The van der Waals surface area contributed by atoms with Crippen LogP contribution >= 0.6 is 0 Å². The summed E-state index contributed by atoms with van der Waals surface area (Å²) in [7, 11) is 3.68. The van der Waals surface area contributed by atoms with Crippen LogP contribution in [0.4, 0.5) is 20.2 Å². The third-order valence-electron chi connectivity index (χ3n) is 15.0.